The van der Waals surface area contributed by atoms with E-state index >= 15 is 0 Å². The van der Waals surface area contributed by atoms with Crippen LogP contribution < -0.4 is 9.46 Å². The number of amides is 1. The molecule has 0 bridgehead atoms. The van der Waals surface area contributed by atoms with Crippen molar-refractivity contribution in [2.24, 2.45) is 0 Å². The van der Waals surface area contributed by atoms with Crippen molar-refractivity contribution in [3.63, 3.8) is 0 Å². The lowest BCUT2D eigenvalue weighted by molar-refractivity contribution is 0.0784. The van der Waals surface area contributed by atoms with Crippen molar-refractivity contribution in [2.75, 3.05) is 14.2 Å². The topological polar surface area (TPSA) is 75.7 Å². The molecule has 2 aromatic carbocycles. The molecule has 0 spiro atoms. The molecule has 138 valence electrons. The van der Waals surface area contributed by atoms with Crippen molar-refractivity contribution in [3.8, 4) is 5.75 Å². The zero-order chi connectivity index (χ0) is 18.7. The van der Waals surface area contributed by atoms with Gasteiger partial charge in [0.25, 0.3) is 5.91 Å². The Labute approximate surface area is 153 Å². The Hall–Kier alpha value is -2.38. The highest BCUT2D eigenvalue weighted by molar-refractivity contribution is 7.89. The highest BCUT2D eigenvalue weighted by atomic mass is 32.2. The number of nitrogens with one attached hydrogen (secondary N) is 1. The van der Waals surface area contributed by atoms with Crippen LogP contribution in [0, 0.1) is 0 Å². The van der Waals surface area contributed by atoms with Crippen molar-refractivity contribution >= 4 is 15.9 Å². The minimum atomic E-state index is -3.51. The third kappa shape index (κ3) is 4.23. The van der Waals surface area contributed by atoms with E-state index in [1.165, 1.54) is 12.1 Å². The van der Waals surface area contributed by atoms with Crippen LogP contribution in [-0.2, 0) is 16.6 Å². The average molecular weight is 374 g/mol. The van der Waals surface area contributed by atoms with Crippen LogP contribution in [0.2, 0.25) is 0 Å². The second-order valence-corrected chi connectivity index (χ2v) is 8.11. The van der Waals surface area contributed by atoms with E-state index in [0.717, 1.165) is 24.2 Å². The van der Waals surface area contributed by atoms with E-state index in [1.54, 1.807) is 31.2 Å². The Morgan fingerprint density at radius 2 is 1.81 bits per heavy atom. The maximum Gasteiger partial charge on any atom is 0.253 e. The van der Waals surface area contributed by atoms with Crippen LogP contribution in [0.5, 0.6) is 5.75 Å². The predicted molar refractivity (Wildman–Crippen MR) is 98.6 cm³/mol. The van der Waals surface area contributed by atoms with Gasteiger partial charge in [-0.3, -0.25) is 4.79 Å². The number of para-hydroxylation sites is 1. The van der Waals surface area contributed by atoms with E-state index in [0.29, 0.717) is 12.1 Å². The van der Waals surface area contributed by atoms with E-state index in [-0.39, 0.29) is 16.8 Å². The van der Waals surface area contributed by atoms with E-state index in [4.69, 9.17) is 4.74 Å². The molecule has 2 aromatic rings. The molecule has 0 heterocycles. The smallest absolute Gasteiger partial charge is 0.253 e. The fourth-order valence-electron chi connectivity index (χ4n) is 2.65. The molecule has 1 N–H and O–H groups in total. The minimum Gasteiger partial charge on any atom is -0.496 e. The molecule has 6 nitrogen and oxygen atoms in total. The number of carbonyl (C=O) groups excluding carboxylic acids is 1. The standard InChI is InChI=1S/C19H22N2O4S/c1-21(13-15-5-3-4-6-18(15)25-2)19(22)14-7-11-17(12-8-14)26(23,24)20-16-9-10-16/h3-8,11-12,16,20H,9-10,13H2,1-2H3. The van der Waals surface area contributed by atoms with Crippen LogP contribution in [0.3, 0.4) is 0 Å². The number of methoxy groups -OCH3 is 1. The second kappa shape index (κ2) is 7.47. The van der Waals surface area contributed by atoms with Crippen molar-refractivity contribution < 1.29 is 17.9 Å². The number of rotatable bonds is 7. The number of carbonyl (C=O) groups is 1. The van der Waals surface area contributed by atoms with E-state index < -0.39 is 10.0 Å². The molecular formula is C19H22N2O4S. The summed E-state index contributed by atoms with van der Waals surface area (Å²) in [5, 5.41) is 0. The van der Waals surface area contributed by atoms with Crippen LogP contribution in [-0.4, -0.2) is 39.4 Å². The molecule has 0 unspecified atom stereocenters. The lowest BCUT2D eigenvalue weighted by Crippen LogP contribution is -2.27. The summed E-state index contributed by atoms with van der Waals surface area (Å²) in [7, 11) is -0.214. The van der Waals surface area contributed by atoms with Crippen molar-refractivity contribution in [1.29, 1.82) is 0 Å². The Morgan fingerprint density at radius 1 is 1.15 bits per heavy atom. The summed E-state index contributed by atoms with van der Waals surface area (Å²) >= 11 is 0. The summed E-state index contributed by atoms with van der Waals surface area (Å²) < 4.78 is 32.3. The first-order valence-corrected chi connectivity index (χ1v) is 9.89. The largest absolute Gasteiger partial charge is 0.496 e. The molecule has 26 heavy (non-hydrogen) atoms. The van der Waals surface area contributed by atoms with Crippen LogP contribution in [0.15, 0.2) is 53.4 Å². The summed E-state index contributed by atoms with van der Waals surface area (Å²) in [6, 6.07) is 13.6. The number of hydrogen-bond donors (Lipinski definition) is 1. The van der Waals surface area contributed by atoms with Crippen LogP contribution in [0.25, 0.3) is 0 Å². The Balaban J connectivity index is 1.71. The van der Waals surface area contributed by atoms with Gasteiger partial charge in [0.1, 0.15) is 5.75 Å². The molecular weight excluding hydrogens is 352 g/mol. The molecule has 0 aromatic heterocycles. The zero-order valence-electron chi connectivity index (χ0n) is 14.8. The van der Waals surface area contributed by atoms with Gasteiger partial charge in [0.05, 0.1) is 12.0 Å². The van der Waals surface area contributed by atoms with Gasteiger partial charge in [-0.25, -0.2) is 13.1 Å². The van der Waals surface area contributed by atoms with Crippen molar-refractivity contribution in [3.05, 3.63) is 59.7 Å². The monoisotopic (exact) mass is 374 g/mol. The number of benzene rings is 2. The maximum atomic E-state index is 12.6. The molecule has 7 heteroatoms. The fourth-order valence-corrected chi connectivity index (χ4v) is 3.95. The van der Waals surface area contributed by atoms with Crippen molar-refractivity contribution in [1.82, 2.24) is 9.62 Å². The molecule has 3 rings (SSSR count). The summed E-state index contributed by atoms with van der Waals surface area (Å²) in [5.41, 5.74) is 1.34. The molecule has 1 aliphatic carbocycles. The molecule has 1 saturated carbocycles. The zero-order valence-corrected chi connectivity index (χ0v) is 15.6. The van der Waals surface area contributed by atoms with Crippen LogP contribution >= 0.6 is 0 Å². The summed E-state index contributed by atoms with van der Waals surface area (Å²) in [5.74, 6) is 0.537. The molecule has 1 amide bonds. The number of ether oxygens (including phenoxy) is 1. The van der Waals surface area contributed by atoms with Crippen LogP contribution in [0.4, 0.5) is 0 Å². The highest BCUT2D eigenvalue weighted by Crippen LogP contribution is 2.23. The van der Waals surface area contributed by atoms with Gasteiger partial charge in [-0.15, -0.1) is 0 Å². The highest BCUT2D eigenvalue weighted by Gasteiger charge is 2.28. The van der Waals surface area contributed by atoms with Gasteiger partial charge in [0.2, 0.25) is 10.0 Å². The first-order chi connectivity index (χ1) is 12.4. The van der Waals surface area contributed by atoms with E-state index in [2.05, 4.69) is 4.72 Å². The van der Waals surface area contributed by atoms with Crippen molar-refractivity contribution in [2.45, 2.75) is 30.3 Å². The molecule has 0 radical (unpaired) electrons. The third-order valence-electron chi connectivity index (χ3n) is 4.26. The number of sulfonamides is 1. The summed E-state index contributed by atoms with van der Waals surface area (Å²) in [4.78, 5) is 14.4. The predicted octanol–water partition coefficient (Wildman–Crippen LogP) is 2.41. The SMILES string of the molecule is COc1ccccc1CN(C)C(=O)c1ccc(S(=O)(=O)NC2CC2)cc1. The summed E-state index contributed by atoms with van der Waals surface area (Å²) in [6.45, 7) is 0.395. The average Bonchev–Trinajstić information content (AvgIpc) is 3.45. The van der Waals surface area contributed by atoms with Gasteiger partial charge in [-0.1, -0.05) is 18.2 Å². The van der Waals surface area contributed by atoms with Gasteiger partial charge in [0.15, 0.2) is 0 Å². The van der Waals surface area contributed by atoms with Crippen LogP contribution in [0.1, 0.15) is 28.8 Å². The quantitative estimate of drug-likeness (QED) is 0.807. The number of nitrogens with zero attached hydrogens (tertiary/aromatic N) is 1. The van der Waals surface area contributed by atoms with Gasteiger partial charge in [0, 0.05) is 30.8 Å². The first-order valence-electron chi connectivity index (χ1n) is 8.40. The Bertz CT molecular complexity index is 890. The first kappa shape index (κ1) is 18.4. The Morgan fingerprint density at radius 3 is 2.42 bits per heavy atom. The molecule has 0 atom stereocenters. The summed E-state index contributed by atoms with van der Waals surface area (Å²) in [6.07, 6.45) is 1.76. The normalized spacial score (nSPS) is 14.1. The molecule has 1 aliphatic rings. The third-order valence-corrected chi connectivity index (χ3v) is 5.79. The molecule has 1 fully saturated rings. The number of hydrogen-bond acceptors (Lipinski definition) is 4. The molecule has 0 aliphatic heterocycles. The fraction of sp³-hybridized carbons (Fsp3) is 0.316. The lowest BCUT2D eigenvalue weighted by Gasteiger charge is -2.19. The van der Waals surface area contributed by atoms with Gasteiger partial charge < -0.3 is 9.64 Å². The van der Waals surface area contributed by atoms with Gasteiger partial charge in [-0.05, 0) is 43.2 Å². The Kier molecular flexibility index (Phi) is 5.29. The van der Waals surface area contributed by atoms with Gasteiger partial charge >= 0.3 is 0 Å². The van der Waals surface area contributed by atoms with E-state index in [9.17, 15) is 13.2 Å². The van der Waals surface area contributed by atoms with E-state index in [1.807, 2.05) is 24.3 Å². The lowest BCUT2D eigenvalue weighted by atomic mass is 10.1. The molecule has 0 saturated heterocycles. The minimum absolute atomic E-state index is 0.0493. The van der Waals surface area contributed by atoms with Gasteiger partial charge in [-0.2, -0.15) is 0 Å². The second-order valence-electron chi connectivity index (χ2n) is 6.39. The maximum absolute atomic E-state index is 12.6.